The van der Waals surface area contributed by atoms with Crippen molar-refractivity contribution < 1.29 is 9.59 Å². The van der Waals surface area contributed by atoms with E-state index in [0.717, 1.165) is 51.9 Å². The van der Waals surface area contributed by atoms with E-state index in [1.165, 1.54) is 19.3 Å². The summed E-state index contributed by atoms with van der Waals surface area (Å²) in [4.78, 5) is 29.2. The van der Waals surface area contributed by atoms with Crippen LogP contribution < -0.4 is 0 Å². The predicted molar refractivity (Wildman–Crippen MR) is 79.3 cm³/mol. The van der Waals surface area contributed by atoms with Gasteiger partial charge in [0.1, 0.15) is 5.41 Å². The molecule has 0 aromatic rings. The van der Waals surface area contributed by atoms with Gasteiger partial charge in [0.2, 0.25) is 11.8 Å². The molecule has 0 unspecified atom stereocenters. The number of hydrogen-bond donors (Lipinski definition) is 0. The van der Waals surface area contributed by atoms with E-state index in [1.807, 2.05) is 9.80 Å². The molecule has 4 heteroatoms. The molecule has 0 saturated carbocycles. The van der Waals surface area contributed by atoms with Crippen LogP contribution in [0.1, 0.15) is 58.8 Å². The summed E-state index contributed by atoms with van der Waals surface area (Å²) in [5.41, 5.74) is -0.901. The zero-order chi connectivity index (χ0) is 14.6. The second kappa shape index (κ2) is 6.59. The number of carbonyl (C=O) groups excluding carboxylic acids is 2. The fraction of sp³-hybridized carbons (Fsp3) is 0.875. The maximum Gasteiger partial charge on any atom is 0.237 e. The molecule has 0 aromatic heterocycles. The summed E-state index contributed by atoms with van der Waals surface area (Å²) in [6.45, 7) is 6.87. The van der Waals surface area contributed by atoms with Gasteiger partial charge >= 0.3 is 0 Å². The lowest BCUT2D eigenvalue weighted by molar-refractivity contribution is -0.154. The van der Waals surface area contributed by atoms with Crippen LogP contribution in [0.15, 0.2) is 0 Å². The van der Waals surface area contributed by atoms with Crippen LogP contribution in [0.2, 0.25) is 0 Å². The van der Waals surface area contributed by atoms with Crippen LogP contribution in [-0.2, 0) is 9.59 Å². The Morgan fingerprint density at radius 2 is 0.950 bits per heavy atom. The van der Waals surface area contributed by atoms with Crippen LogP contribution in [0.3, 0.4) is 0 Å². The molecule has 2 saturated heterocycles. The van der Waals surface area contributed by atoms with Gasteiger partial charge in [-0.25, -0.2) is 0 Å². The van der Waals surface area contributed by atoms with Crippen LogP contribution >= 0.6 is 0 Å². The molecule has 0 aromatic carbocycles. The molecule has 0 spiro atoms. The van der Waals surface area contributed by atoms with Crippen LogP contribution in [0.25, 0.3) is 0 Å². The Labute approximate surface area is 122 Å². The van der Waals surface area contributed by atoms with Crippen molar-refractivity contribution in [3.05, 3.63) is 0 Å². The average molecular weight is 280 g/mol. The molecule has 2 rings (SSSR count). The summed E-state index contributed by atoms with van der Waals surface area (Å²) >= 11 is 0. The van der Waals surface area contributed by atoms with E-state index in [2.05, 4.69) is 0 Å². The van der Waals surface area contributed by atoms with Gasteiger partial charge in [0.05, 0.1) is 0 Å². The minimum absolute atomic E-state index is 0.0199. The Morgan fingerprint density at radius 3 is 1.30 bits per heavy atom. The smallest absolute Gasteiger partial charge is 0.237 e. The second-order valence-corrected chi connectivity index (χ2v) is 6.68. The first-order chi connectivity index (χ1) is 9.53. The van der Waals surface area contributed by atoms with Crippen LogP contribution in [-0.4, -0.2) is 47.8 Å². The molecule has 2 fully saturated rings. The third kappa shape index (κ3) is 3.33. The quantitative estimate of drug-likeness (QED) is 0.729. The van der Waals surface area contributed by atoms with E-state index in [-0.39, 0.29) is 11.8 Å². The molecule has 0 radical (unpaired) electrons. The van der Waals surface area contributed by atoms with Crippen molar-refractivity contribution in [1.29, 1.82) is 0 Å². The molecular formula is C16H28N2O2. The number of carbonyl (C=O) groups is 2. The zero-order valence-corrected chi connectivity index (χ0v) is 13.0. The topological polar surface area (TPSA) is 40.6 Å². The van der Waals surface area contributed by atoms with Crippen LogP contribution in [0.5, 0.6) is 0 Å². The lowest BCUT2D eigenvalue weighted by atomic mass is 9.88. The number of rotatable bonds is 2. The van der Waals surface area contributed by atoms with E-state index < -0.39 is 5.41 Å². The van der Waals surface area contributed by atoms with Crippen LogP contribution in [0, 0.1) is 5.41 Å². The number of likely N-dealkylation sites (tertiary alicyclic amines) is 2. The molecule has 2 aliphatic heterocycles. The lowest BCUT2D eigenvalue weighted by Crippen LogP contribution is -2.52. The van der Waals surface area contributed by atoms with E-state index in [0.29, 0.717) is 0 Å². The van der Waals surface area contributed by atoms with Gasteiger partial charge in [-0.3, -0.25) is 9.59 Å². The van der Waals surface area contributed by atoms with Crippen molar-refractivity contribution in [3.63, 3.8) is 0 Å². The summed E-state index contributed by atoms with van der Waals surface area (Å²) in [6, 6.07) is 0. The molecule has 114 valence electrons. The largest absolute Gasteiger partial charge is 0.342 e. The minimum atomic E-state index is -0.901. The SMILES string of the molecule is CC(C)(C(=O)N1CCCCCC1)C(=O)N1CCCCC1. The molecule has 0 bridgehead atoms. The number of hydrogen-bond acceptors (Lipinski definition) is 2. The predicted octanol–water partition coefficient (Wildman–Crippen LogP) is 2.43. The summed E-state index contributed by atoms with van der Waals surface area (Å²) < 4.78 is 0. The highest BCUT2D eigenvalue weighted by Crippen LogP contribution is 2.26. The van der Waals surface area contributed by atoms with Crippen molar-refractivity contribution in [2.75, 3.05) is 26.2 Å². The van der Waals surface area contributed by atoms with Gasteiger partial charge in [0, 0.05) is 26.2 Å². The Balaban J connectivity index is 2.03. The summed E-state index contributed by atoms with van der Waals surface area (Å²) in [5.74, 6) is 0.0430. The van der Waals surface area contributed by atoms with Crippen molar-refractivity contribution in [3.8, 4) is 0 Å². The lowest BCUT2D eigenvalue weighted by Gasteiger charge is -2.36. The monoisotopic (exact) mass is 280 g/mol. The molecule has 4 nitrogen and oxygen atoms in total. The van der Waals surface area contributed by atoms with Crippen molar-refractivity contribution in [2.24, 2.45) is 5.41 Å². The molecular weight excluding hydrogens is 252 g/mol. The van der Waals surface area contributed by atoms with Gasteiger partial charge in [-0.05, 0) is 46.0 Å². The van der Waals surface area contributed by atoms with Crippen LogP contribution in [0.4, 0.5) is 0 Å². The third-order valence-corrected chi connectivity index (χ3v) is 4.61. The summed E-state index contributed by atoms with van der Waals surface area (Å²) in [6.07, 6.45) is 7.87. The van der Waals surface area contributed by atoms with Gasteiger partial charge in [0.15, 0.2) is 0 Å². The molecule has 2 amide bonds. The minimum Gasteiger partial charge on any atom is -0.342 e. The molecule has 2 heterocycles. The summed E-state index contributed by atoms with van der Waals surface area (Å²) in [5, 5.41) is 0. The van der Waals surface area contributed by atoms with Gasteiger partial charge in [-0.15, -0.1) is 0 Å². The van der Waals surface area contributed by atoms with Crippen molar-refractivity contribution in [1.82, 2.24) is 9.80 Å². The van der Waals surface area contributed by atoms with Gasteiger partial charge in [-0.1, -0.05) is 12.8 Å². The first kappa shape index (κ1) is 15.3. The average Bonchev–Trinajstić information content (AvgIpc) is 2.75. The van der Waals surface area contributed by atoms with Crippen molar-refractivity contribution >= 4 is 11.8 Å². The molecule has 0 aliphatic carbocycles. The van der Waals surface area contributed by atoms with Crippen molar-refractivity contribution in [2.45, 2.75) is 58.8 Å². The van der Waals surface area contributed by atoms with Gasteiger partial charge in [-0.2, -0.15) is 0 Å². The molecule has 20 heavy (non-hydrogen) atoms. The van der Waals surface area contributed by atoms with E-state index in [4.69, 9.17) is 0 Å². The first-order valence-electron chi connectivity index (χ1n) is 8.12. The Kier molecular flexibility index (Phi) is 5.06. The van der Waals surface area contributed by atoms with Gasteiger partial charge in [0.25, 0.3) is 0 Å². The molecule has 0 atom stereocenters. The second-order valence-electron chi connectivity index (χ2n) is 6.68. The van der Waals surface area contributed by atoms with E-state index in [9.17, 15) is 9.59 Å². The standard InChI is InChI=1S/C16H28N2O2/c1-16(2,15(20)18-12-8-5-9-13-18)14(19)17-10-6-3-4-7-11-17/h3-13H2,1-2H3. The first-order valence-corrected chi connectivity index (χ1v) is 8.12. The fourth-order valence-electron chi connectivity index (χ4n) is 3.25. The Hall–Kier alpha value is -1.06. The van der Waals surface area contributed by atoms with Gasteiger partial charge < -0.3 is 9.80 Å². The maximum absolute atomic E-state index is 12.7. The number of nitrogens with zero attached hydrogens (tertiary/aromatic N) is 2. The highest BCUT2D eigenvalue weighted by atomic mass is 16.2. The molecule has 0 N–H and O–H groups in total. The highest BCUT2D eigenvalue weighted by molar-refractivity contribution is 6.04. The maximum atomic E-state index is 12.7. The summed E-state index contributed by atoms with van der Waals surface area (Å²) in [7, 11) is 0. The molecule has 2 aliphatic rings. The number of amides is 2. The van der Waals surface area contributed by atoms with E-state index >= 15 is 0 Å². The fourth-order valence-corrected chi connectivity index (χ4v) is 3.25. The Bertz CT molecular complexity index is 351. The number of piperidine rings is 1. The normalized spacial score (nSPS) is 21.5. The third-order valence-electron chi connectivity index (χ3n) is 4.61. The Morgan fingerprint density at radius 1 is 0.650 bits per heavy atom. The highest BCUT2D eigenvalue weighted by Gasteiger charge is 2.41. The van der Waals surface area contributed by atoms with E-state index in [1.54, 1.807) is 13.8 Å². The zero-order valence-electron chi connectivity index (χ0n) is 13.0.